The fourth-order valence-electron chi connectivity index (χ4n) is 1.80. The number of aliphatic hydroxyl groups is 1. The quantitative estimate of drug-likeness (QED) is 0.896. The van der Waals surface area contributed by atoms with Crippen LogP contribution < -0.4 is 4.74 Å². The van der Waals surface area contributed by atoms with Crippen LogP contribution in [0.4, 0.5) is 4.39 Å². The van der Waals surface area contributed by atoms with Gasteiger partial charge in [-0.3, -0.25) is 0 Å². The zero-order valence-corrected chi connectivity index (χ0v) is 10.9. The van der Waals surface area contributed by atoms with Gasteiger partial charge in [0.05, 0.1) is 13.2 Å². The molecule has 0 spiro atoms. The van der Waals surface area contributed by atoms with E-state index in [0.717, 1.165) is 6.42 Å². The molecular weight excluding hydrogens is 251 g/mol. The van der Waals surface area contributed by atoms with Crippen molar-refractivity contribution in [2.45, 2.75) is 18.9 Å². The van der Waals surface area contributed by atoms with Crippen LogP contribution in [0.25, 0.3) is 0 Å². The molecule has 18 heavy (non-hydrogen) atoms. The molecule has 0 radical (unpaired) electrons. The second-order valence-electron chi connectivity index (χ2n) is 4.07. The minimum atomic E-state index is -0.782. The average molecular weight is 266 g/mol. The van der Waals surface area contributed by atoms with Crippen LogP contribution in [0.5, 0.6) is 5.75 Å². The molecule has 1 atom stereocenters. The van der Waals surface area contributed by atoms with E-state index in [0.29, 0.717) is 17.7 Å². The van der Waals surface area contributed by atoms with E-state index in [4.69, 9.17) is 4.74 Å². The van der Waals surface area contributed by atoms with Gasteiger partial charge in [-0.05, 0) is 47.4 Å². The molecule has 1 aromatic carbocycles. The van der Waals surface area contributed by atoms with Crippen LogP contribution in [-0.4, -0.2) is 12.2 Å². The summed E-state index contributed by atoms with van der Waals surface area (Å²) in [5.74, 6) is 0.0356. The van der Waals surface area contributed by atoms with Crippen LogP contribution in [0, 0.1) is 5.82 Å². The third-order valence-electron chi connectivity index (χ3n) is 2.85. The highest BCUT2D eigenvalue weighted by Crippen LogP contribution is 2.25. The van der Waals surface area contributed by atoms with Gasteiger partial charge in [-0.25, -0.2) is 4.39 Å². The molecule has 0 saturated heterocycles. The van der Waals surface area contributed by atoms with Crippen molar-refractivity contribution in [2.75, 3.05) is 7.11 Å². The van der Waals surface area contributed by atoms with E-state index in [9.17, 15) is 9.50 Å². The monoisotopic (exact) mass is 266 g/mol. The fraction of sp³-hybridized carbons (Fsp3) is 0.286. The van der Waals surface area contributed by atoms with Crippen LogP contribution in [0.1, 0.15) is 23.7 Å². The zero-order valence-electron chi connectivity index (χ0n) is 10.1. The number of halogens is 1. The van der Waals surface area contributed by atoms with Gasteiger partial charge in [-0.1, -0.05) is 0 Å². The van der Waals surface area contributed by atoms with Gasteiger partial charge in [0.1, 0.15) is 11.6 Å². The number of aliphatic hydroxyl groups excluding tert-OH is 1. The molecule has 1 N–H and O–H groups in total. The van der Waals surface area contributed by atoms with Crippen molar-refractivity contribution in [3.05, 3.63) is 52.0 Å². The topological polar surface area (TPSA) is 29.5 Å². The second-order valence-corrected chi connectivity index (χ2v) is 4.85. The van der Waals surface area contributed by atoms with E-state index in [1.165, 1.54) is 18.7 Å². The number of thiophene rings is 1. The Bertz CT molecular complexity index is 497. The third-order valence-corrected chi connectivity index (χ3v) is 3.59. The standard InChI is InChI=1S/C14H15FO2S/c1-17-11-3-4-12(13(15)8-11)14(16)5-2-10-6-7-18-9-10/h3-4,6-9,14,16H,2,5H2,1H3. The number of hydrogen-bond acceptors (Lipinski definition) is 3. The molecule has 1 heterocycles. The maximum absolute atomic E-state index is 13.7. The number of aryl methyl sites for hydroxylation is 1. The molecule has 1 unspecified atom stereocenters. The average Bonchev–Trinajstić information content (AvgIpc) is 2.88. The molecule has 0 aliphatic rings. The Morgan fingerprint density at radius 2 is 2.22 bits per heavy atom. The lowest BCUT2D eigenvalue weighted by atomic mass is 10.0. The summed E-state index contributed by atoms with van der Waals surface area (Å²) in [4.78, 5) is 0. The Morgan fingerprint density at radius 1 is 1.39 bits per heavy atom. The Morgan fingerprint density at radius 3 is 2.83 bits per heavy atom. The van der Waals surface area contributed by atoms with Gasteiger partial charge in [-0.2, -0.15) is 11.3 Å². The molecule has 1 aromatic heterocycles. The van der Waals surface area contributed by atoms with Crippen LogP contribution in [-0.2, 0) is 6.42 Å². The number of benzene rings is 1. The number of ether oxygens (including phenoxy) is 1. The van der Waals surface area contributed by atoms with E-state index in [1.807, 2.05) is 16.8 Å². The molecule has 0 aliphatic carbocycles. The maximum Gasteiger partial charge on any atom is 0.132 e. The highest BCUT2D eigenvalue weighted by molar-refractivity contribution is 7.07. The summed E-state index contributed by atoms with van der Waals surface area (Å²) in [7, 11) is 1.49. The first-order valence-corrected chi connectivity index (χ1v) is 6.67. The highest BCUT2D eigenvalue weighted by Gasteiger charge is 2.13. The summed E-state index contributed by atoms with van der Waals surface area (Å²) >= 11 is 1.62. The molecule has 0 saturated carbocycles. The molecule has 0 amide bonds. The summed E-state index contributed by atoms with van der Waals surface area (Å²) in [5, 5.41) is 14.0. The van der Waals surface area contributed by atoms with Crippen LogP contribution >= 0.6 is 11.3 Å². The lowest BCUT2D eigenvalue weighted by molar-refractivity contribution is 0.163. The summed E-state index contributed by atoms with van der Waals surface area (Å²) in [6, 6.07) is 6.55. The summed E-state index contributed by atoms with van der Waals surface area (Å²) in [6.07, 6.45) is 0.478. The predicted octanol–water partition coefficient (Wildman–Crippen LogP) is 3.56. The lowest BCUT2D eigenvalue weighted by Gasteiger charge is -2.12. The van der Waals surface area contributed by atoms with Crippen molar-refractivity contribution in [1.82, 2.24) is 0 Å². The van der Waals surface area contributed by atoms with Gasteiger partial charge in [-0.15, -0.1) is 0 Å². The lowest BCUT2D eigenvalue weighted by Crippen LogP contribution is -2.02. The zero-order chi connectivity index (χ0) is 13.0. The molecule has 0 bridgehead atoms. The molecule has 4 heteroatoms. The van der Waals surface area contributed by atoms with Gasteiger partial charge >= 0.3 is 0 Å². The minimum absolute atomic E-state index is 0.325. The van der Waals surface area contributed by atoms with Crippen molar-refractivity contribution in [1.29, 1.82) is 0 Å². The largest absolute Gasteiger partial charge is 0.497 e. The number of hydrogen-bond donors (Lipinski definition) is 1. The molecule has 2 nitrogen and oxygen atoms in total. The third kappa shape index (κ3) is 3.09. The Balaban J connectivity index is 2.02. The smallest absolute Gasteiger partial charge is 0.132 e. The molecular formula is C14H15FO2S. The number of methoxy groups -OCH3 is 1. The van der Waals surface area contributed by atoms with Crippen LogP contribution in [0.15, 0.2) is 35.0 Å². The molecule has 0 fully saturated rings. The van der Waals surface area contributed by atoms with E-state index >= 15 is 0 Å². The first-order valence-electron chi connectivity index (χ1n) is 5.73. The molecule has 0 aliphatic heterocycles. The van der Waals surface area contributed by atoms with Gasteiger partial charge < -0.3 is 9.84 Å². The van der Waals surface area contributed by atoms with E-state index in [-0.39, 0.29) is 0 Å². The fourth-order valence-corrected chi connectivity index (χ4v) is 2.50. The molecule has 2 aromatic rings. The Labute approximate surface area is 110 Å². The van der Waals surface area contributed by atoms with E-state index in [1.54, 1.807) is 23.5 Å². The SMILES string of the molecule is COc1ccc(C(O)CCc2ccsc2)c(F)c1. The second kappa shape index (κ2) is 5.98. The summed E-state index contributed by atoms with van der Waals surface area (Å²) in [5.41, 5.74) is 1.50. The van der Waals surface area contributed by atoms with Crippen molar-refractivity contribution in [2.24, 2.45) is 0 Å². The number of rotatable bonds is 5. The Hall–Kier alpha value is -1.39. The first kappa shape index (κ1) is 13.1. The van der Waals surface area contributed by atoms with Crippen molar-refractivity contribution >= 4 is 11.3 Å². The van der Waals surface area contributed by atoms with E-state index in [2.05, 4.69) is 0 Å². The Kier molecular flexibility index (Phi) is 4.33. The summed E-state index contributed by atoms with van der Waals surface area (Å²) < 4.78 is 18.6. The van der Waals surface area contributed by atoms with Crippen LogP contribution in [0.2, 0.25) is 0 Å². The summed E-state index contributed by atoms with van der Waals surface area (Å²) in [6.45, 7) is 0. The van der Waals surface area contributed by atoms with Gasteiger partial charge in [0.25, 0.3) is 0 Å². The predicted molar refractivity (Wildman–Crippen MR) is 70.6 cm³/mol. The molecule has 96 valence electrons. The first-order chi connectivity index (χ1) is 8.70. The van der Waals surface area contributed by atoms with Crippen molar-refractivity contribution in [3.63, 3.8) is 0 Å². The van der Waals surface area contributed by atoms with Crippen LogP contribution in [0.3, 0.4) is 0 Å². The van der Waals surface area contributed by atoms with Gasteiger partial charge in [0, 0.05) is 11.6 Å². The normalized spacial score (nSPS) is 12.4. The molecule has 2 rings (SSSR count). The van der Waals surface area contributed by atoms with Gasteiger partial charge in [0.2, 0.25) is 0 Å². The van der Waals surface area contributed by atoms with Crippen molar-refractivity contribution < 1.29 is 14.2 Å². The van der Waals surface area contributed by atoms with Gasteiger partial charge in [0.15, 0.2) is 0 Å². The minimum Gasteiger partial charge on any atom is -0.497 e. The van der Waals surface area contributed by atoms with Crippen molar-refractivity contribution in [3.8, 4) is 5.75 Å². The maximum atomic E-state index is 13.7. The van der Waals surface area contributed by atoms with E-state index < -0.39 is 11.9 Å². The highest BCUT2D eigenvalue weighted by atomic mass is 32.1.